The smallest absolute Gasteiger partial charge is 0.265 e. The van der Waals surface area contributed by atoms with E-state index in [1.807, 2.05) is 42.5 Å². The molecule has 1 heterocycles. The molecule has 1 amide bonds. The predicted octanol–water partition coefficient (Wildman–Crippen LogP) is 4.95. The van der Waals surface area contributed by atoms with Gasteiger partial charge in [0, 0.05) is 11.6 Å². The molecule has 0 aliphatic carbocycles. The molecule has 146 valence electrons. The van der Waals surface area contributed by atoms with E-state index in [-0.39, 0.29) is 11.3 Å². The first-order chi connectivity index (χ1) is 13.3. The molecule has 0 aliphatic heterocycles. The Morgan fingerprint density at radius 2 is 1.79 bits per heavy atom. The highest BCUT2D eigenvalue weighted by molar-refractivity contribution is 6.04. The van der Waals surface area contributed by atoms with Crippen molar-refractivity contribution in [3.63, 3.8) is 0 Å². The van der Waals surface area contributed by atoms with Crippen LogP contribution in [0, 0.1) is 0 Å². The van der Waals surface area contributed by atoms with Crippen molar-refractivity contribution >= 4 is 22.5 Å². The summed E-state index contributed by atoms with van der Waals surface area (Å²) in [7, 11) is 1.60. The Morgan fingerprint density at radius 3 is 2.43 bits per heavy atom. The second-order valence-corrected chi connectivity index (χ2v) is 7.74. The van der Waals surface area contributed by atoms with Crippen molar-refractivity contribution in [3.8, 4) is 11.5 Å². The summed E-state index contributed by atoms with van der Waals surface area (Å²) in [6.07, 6.45) is 1.05. The third-order valence-corrected chi connectivity index (χ3v) is 4.61. The number of hydrogen-bond acceptors (Lipinski definition) is 4. The standard InChI is InChI=1S/C23H26N2O3/c1-15(28-17-10-8-16(9-11-17)23(2,3)4)22(26)25-19-12-13-20(27-5)21-18(19)7-6-14-24-21/h6-15H,1-5H3,(H,25,26)/t15-/m0/s1. The van der Waals surface area contributed by atoms with Gasteiger partial charge in [0.1, 0.15) is 17.0 Å². The minimum atomic E-state index is -0.644. The summed E-state index contributed by atoms with van der Waals surface area (Å²) in [5.74, 6) is 1.10. The van der Waals surface area contributed by atoms with Gasteiger partial charge in [0.15, 0.2) is 6.10 Å². The number of pyridine rings is 1. The van der Waals surface area contributed by atoms with Crippen LogP contribution in [-0.2, 0) is 10.2 Å². The number of amides is 1. The van der Waals surface area contributed by atoms with Crippen molar-refractivity contribution in [2.45, 2.75) is 39.2 Å². The number of anilines is 1. The van der Waals surface area contributed by atoms with Crippen LogP contribution in [-0.4, -0.2) is 24.1 Å². The molecule has 0 aliphatic rings. The highest BCUT2D eigenvalue weighted by Crippen LogP contribution is 2.30. The number of hydrogen-bond donors (Lipinski definition) is 1. The van der Waals surface area contributed by atoms with Crippen LogP contribution in [0.1, 0.15) is 33.3 Å². The normalized spacial score (nSPS) is 12.5. The third kappa shape index (κ3) is 4.25. The highest BCUT2D eigenvalue weighted by Gasteiger charge is 2.18. The summed E-state index contributed by atoms with van der Waals surface area (Å²) in [6.45, 7) is 8.21. The molecule has 0 unspecified atom stereocenters. The van der Waals surface area contributed by atoms with Crippen molar-refractivity contribution in [2.75, 3.05) is 12.4 Å². The summed E-state index contributed by atoms with van der Waals surface area (Å²) in [5.41, 5.74) is 2.67. The first-order valence-electron chi connectivity index (χ1n) is 9.29. The molecule has 0 spiro atoms. The van der Waals surface area contributed by atoms with Crippen molar-refractivity contribution in [1.82, 2.24) is 4.98 Å². The molecule has 0 radical (unpaired) electrons. The van der Waals surface area contributed by atoms with Gasteiger partial charge in [-0.25, -0.2) is 0 Å². The predicted molar refractivity (Wildman–Crippen MR) is 112 cm³/mol. The monoisotopic (exact) mass is 378 g/mol. The number of ether oxygens (including phenoxy) is 2. The van der Waals surface area contributed by atoms with Gasteiger partial charge in [0.25, 0.3) is 5.91 Å². The first kappa shape index (κ1) is 19.7. The highest BCUT2D eigenvalue weighted by atomic mass is 16.5. The first-order valence-corrected chi connectivity index (χ1v) is 9.29. The Labute approximate surface area is 165 Å². The van der Waals surface area contributed by atoms with Crippen LogP contribution in [0.3, 0.4) is 0 Å². The van der Waals surface area contributed by atoms with Gasteiger partial charge in [-0.1, -0.05) is 32.9 Å². The minimum Gasteiger partial charge on any atom is -0.494 e. The van der Waals surface area contributed by atoms with E-state index in [1.54, 1.807) is 26.3 Å². The average Bonchev–Trinajstić information content (AvgIpc) is 2.68. The molecular formula is C23H26N2O3. The maximum atomic E-state index is 12.7. The van der Waals surface area contributed by atoms with Gasteiger partial charge in [-0.15, -0.1) is 0 Å². The lowest BCUT2D eigenvalue weighted by atomic mass is 9.87. The zero-order valence-electron chi connectivity index (χ0n) is 16.9. The third-order valence-electron chi connectivity index (χ3n) is 4.61. The lowest BCUT2D eigenvalue weighted by Crippen LogP contribution is -2.30. The topological polar surface area (TPSA) is 60.5 Å². The maximum absolute atomic E-state index is 12.7. The van der Waals surface area contributed by atoms with Gasteiger partial charge in [0.05, 0.1) is 12.8 Å². The summed E-state index contributed by atoms with van der Waals surface area (Å²) < 4.78 is 11.2. The molecular weight excluding hydrogens is 352 g/mol. The number of carbonyl (C=O) groups is 1. The van der Waals surface area contributed by atoms with Gasteiger partial charge in [-0.3, -0.25) is 9.78 Å². The van der Waals surface area contributed by atoms with Crippen LogP contribution in [0.15, 0.2) is 54.7 Å². The van der Waals surface area contributed by atoms with E-state index >= 15 is 0 Å². The molecule has 1 N–H and O–H groups in total. The van der Waals surface area contributed by atoms with Gasteiger partial charge >= 0.3 is 0 Å². The fraction of sp³-hybridized carbons (Fsp3) is 0.304. The van der Waals surface area contributed by atoms with Crippen LogP contribution >= 0.6 is 0 Å². The quantitative estimate of drug-likeness (QED) is 0.683. The van der Waals surface area contributed by atoms with E-state index in [0.717, 1.165) is 5.39 Å². The van der Waals surface area contributed by atoms with Gasteiger partial charge in [-0.2, -0.15) is 0 Å². The molecule has 28 heavy (non-hydrogen) atoms. The second kappa shape index (κ2) is 7.89. The largest absolute Gasteiger partial charge is 0.494 e. The Kier molecular flexibility index (Phi) is 5.54. The molecule has 0 saturated carbocycles. The molecule has 3 rings (SSSR count). The molecule has 3 aromatic rings. The summed E-state index contributed by atoms with van der Waals surface area (Å²) >= 11 is 0. The zero-order valence-corrected chi connectivity index (χ0v) is 16.9. The van der Waals surface area contributed by atoms with E-state index in [2.05, 4.69) is 31.1 Å². The number of methoxy groups -OCH3 is 1. The minimum absolute atomic E-state index is 0.0744. The van der Waals surface area contributed by atoms with Crippen LogP contribution in [0.2, 0.25) is 0 Å². The number of nitrogens with one attached hydrogen (secondary N) is 1. The molecule has 0 fully saturated rings. The lowest BCUT2D eigenvalue weighted by Gasteiger charge is -2.20. The van der Waals surface area contributed by atoms with Gasteiger partial charge < -0.3 is 14.8 Å². The summed E-state index contributed by atoms with van der Waals surface area (Å²) in [5, 5.41) is 3.75. The Bertz CT molecular complexity index is 975. The number of benzene rings is 2. The van der Waals surface area contributed by atoms with E-state index in [1.165, 1.54) is 5.56 Å². The van der Waals surface area contributed by atoms with Crippen molar-refractivity contribution in [2.24, 2.45) is 0 Å². The zero-order chi connectivity index (χ0) is 20.3. The average molecular weight is 378 g/mol. The SMILES string of the molecule is COc1ccc(NC(=O)[C@H](C)Oc2ccc(C(C)(C)C)cc2)c2cccnc12. The van der Waals surface area contributed by atoms with Gasteiger partial charge in [0.2, 0.25) is 0 Å². The van der Waals surface area contributed by atoms with Crippen LogP contribution in [0.25, 0.3) is 10.9 Å². The lowest BCUT2D eigenvalue weighted by molar-refractivity contribution is -0.122. The van der Waals surface area contributed by atoms with E-state index in [0.29, 0.717) is 22.7 Å². The van der Waals surface area contributed by atoms with E-state index in [4.69, 9.17) is 9.47 Å². The Morgan fingerprint density at radius 1 is 1.07 bits per heavy atom. The Balaban J connectivity index is 1.74. The second-order valence-electron chi connectivity index (χ2n) is 7.74. The van der Waals surface area contributed by atoms with E-state index < -0.39 is 6.10 Å². The number of carbonyl (C=O) groups excluding carboxylic acids is 1. The van der Waals surface area contributed by atoms with Crippen LogP contribution < -0.4 is 14.8 Å². The molecule has 0 saturated heterocycles. The van der Waals surface area contributed by atoms with Gasteiger partial charge in [-0.05, 0) is 54.3 Å². The molecule has 0 bridgehead atoms. The van der Waals surface area contributed by atoms with Crippen LogP contribution in [0.5, 0.6) is 11.5 Å². The van der Waals surface area contributed by atoms with E-state index in [9.17, 15) is 4.79 Å². The molecule has 1 atom stereocenters. The molecule has 5 nitrogen and oxygen atoms in total. The number of aromatic nitrogens is 1. The fourth-order valence-electron chi connectivity index (χ4n) is 2.95. The van der Waals surface area contributed by atoms with Crippen molar-refractivity contribution < 1.29 is 14.3 Å². The van der Waals surface area contributed by atoms with Crippen molar-refractivity contribution in [3.05, 3.63) is 60.3 Å². The Hall–Kier alpha value is -3.08. The fourth-order valence-corrected chi connectivity index (χ4v) is 2.95. The summed E-state index contributed by atoms with van der Waals surface area (Å²) in [6, 6.07) is 15.2. The number of nitrogens with zero attached hydrogens (tertiary/aromatic N) is 1. The number of rotatable bonds is 5. The van der Waals surface area contributed by atoms with Crippen LogP contribution in [0.4, 0.5) is 5.69 Å². The molecule has 5 heteroatoms. The summed E-state index contributed by atoms with van der Waals surface area (Å²) in [4.78, 5) is 17.0. The molecule has 1 aromatic heterocycles. The number of fused-ring (bicyclic) bond motifs is 1. The molecule has 2 aromatic carbocycles. The van der Waals surface area contributed by atoms with Crippen molar-refractivity contribution in [1.29, 1.82) is 0 Å². The maximum Gasteiger partial charge on any atom is 0.265 e.